The molecule has 0 unspecified atom stereocenters. The van der Waals surface area contributed by atoms with Gasteiger partial charge in [0, 0.05) is 6.54 Å². The fourth-order valence-electron chi connectivity index (χ4n) is 3.13. The lowest BCUT2D eigenvalue weighted by Gasteiger charge is -2.26. The molecule has 0 bridgehead atoms. The summed E-state index contributed by atoms with van der Waals surface area (Å²) in [5, 5.41) is 2.74. The molecule has 0 saturated carbocycles. The first kappa shape index (κ1) is 17.2. The van der Waals surface area contributed by atoms with Crippen LogP contribution < -0.4 is 5.32 Å². The van der Waals surface area contributed by atoms with Crippen LogP contribution in [0.2, 0.25) is 0 Å². The fourth-order valence-corrected chi connectivity index (χ4v) is 4.43. The first-order valence-corrected chi connectivity index (χ1v) is 9.56. The fraction of sp³-hybridized carbons (Fsp3) is 0.333. The van der Waals surface area contributed by atoms with Crippen LogP contribution in [0.25, 0.3) is 0 Å². The van der Waals surface area contributed by atoms with Gasteiger partial charge in [0.05, 0.1) is 21.3 Å². The number of rotatable bonds is 4. The Morgan fingerprint density at radius 1 is 1.29 bits per heavy atom. The van der Waals surface area contributed by atoms with Crippen LogP contribution >= 0.6 is 27.3 Å². The van der Waals surface area contributed by atoms with Crippen molar-refractivity contribution in [3.05, 3.63) is 56.2 Å². The van der Waals surface area contributed by atoms with Crippen LogP contribution in [0.5, 0.6) is 0 Å². The number of likely N-dealkylation sites (tertiary alicyclic amines) is 1. The highest BCUT2D eigenvalue weighted by Gasteiger charge is 2.30. The van der Waals surface area contributed by atoms with Crippen molar-refractivity contribution in [3.63, 3.8) is 0 Å². The van der Waals surface area contributed by atoms with E-state index in [4.69, 9.17) is 0 Å². The van der Waals surface area contributed by atoms with Gasteiger partial charge in [0.25, 0.3) is 5.91 Å². The number of nitrogens with zero attached hydrogens (tertiary/aromatic N) is 1. The minimum atomic E-state index is -0.203. The molecule has 0 aliphatic carbocycles. The third kappa shape index (κ3) is 3.70. The molecule has 2 amide bonds. The summed E-state index contributed by atoms with van der Waals surface area (Å²) in [5.41, 5.74) is 2.41. The van der Waals surface area contributed by atoms with Crippen molar-refractivity contribution in [3.8, 4) is 0 Å². The lowest BCUT2D eigenvalue weighted by Crippen LogP contribution is -2.39. The molecule has 2 heterocycles. The highest BCUT2D eigenvalue weighted by molar-refractivity contribution is 9.11. The van der Waals surface area contributed by atoms with Crippen LogP contribution in [0.4, 0.5) is 0 Å². The number of hydrogen-bond donors (Lipinski definition) is 1. The van der Waals surface area contributed by atoms with E-state index in [-0.39, 0.29) is 24.4 Å². The van der Waals surface area contributed by atoms with Gasteiger partial charge in [0.2, 0.25) is 5.91 Å². The van der Waals surface area contributed by atoms with E-state index < -0.39 is 0 Å². The van der Waals surface area contributed by atoms with Crippen LogP contribution in [0.3, 0.4) is 0 Å². The molecule has 24 heavy (non-hydrogen) atoms. The van der Waals surface area contributed by atoms with Crippen molar-refractivity contribution < 1.29 is 9.59 Å². The van der Waals surface area contributed by atoms with Gasteiger partial charge in [-0.3, -0.25) is 9.59 Å². The van der Waals surface area contributed by atoms with Crippen LogP contribution in [-0.2, 0) is 4.79 Å². The van der Waals surface area contributed by atoms with Gasteiger partial charge in [-0.15, -0.1) is 11.3 Å². The molecule has 3 rings (SSSR count). The molecule has 1 N–H and O–H groups in total. The number of benzene rings is 1. The minimum absolute atomic E-state index is 0.0234. The SMILES string of the molecule is Cc1ccccc1[C@H]1CCCN1C(=O)CNC(=O)c1ccc(Br)s1. The Morgan fingerprint density at radius 2 is 2.08 bits per heavy atom. The van der Waals surface area contributed by atoms with Crippen molar-refractivity contribution in [2.24, 2.45) is 0 Å². The maximum Gasteiger partial charge on any atom is 0.261 e. The maximum absolute atomic E-state index is 12.6. The molecule has 126 valence electrons. The molecule has 1 fully saturated rings. The largest absolute Gasteiger partial charge is 0.342 e. The number of aryl methyl sites for hydroxylation is 1. The van der Waals surface area contributed by atoms with E-state index in [9.17, 15) is 9.59 Å². The van der Waals surface area contributed by atoms with E-state index in [2.05, 4.69) is 40.3 Å². The summed E-state index contributed by atoms with van der Waals surface area (Å²) >= 11 is 4.70. The zero-order valence-electron chi connectivity index (χ0n) is 13.4. The summed E-state index contributed by atoms with van der Waals surface area (Å²) in [4.78, 5) is 27.2. The average molecular weight is 407 g/mol. The maximum atomic E-state index is 12.6. The second-order valence-corrected chi connectivity index (χ2v) is 8.35. The Balaban J connectivity index is 1.64. The summed E-state index contributed by atoms with van der Waals surface area (Å²) in [6.07, 6.45) is 1.97. The molecule has 6 heteroatoms. The number of thiophene rings is 1. The van der Waals surface area contributed by atoms with Crippen LogP contribution in [0.1, 0.15) is 39.7 Å². The van der Waals surface area contributed by atoms with Crippen LogP contribution in [-0.4, -0.2) is 29.8 Å². The molecule has 1 saturated heterocycles. The molecule has 1 aromatic heterocycles. The molecule has 1 atom stereocenters. The average Bonchev–Trinajstić information content (AvgIpc) is 3.22. The highest BCUT2D eigenvalue weighted by Crippen LogP contribution is 2.33. The minimum Gasteiger partial charge on any atom is -0.342 e. The number of carbonyl (C=O) groups is 2. The predicted octanol–water partition coefficient (Wildman–Crippen LogP) is 3.91. The molecule has 1 aliphatic heterocycles. The number of hydrogen-bond acceptors (Lipinski definition) is 3. The molecular formula is C18H19BrN2O2S. The van der Waals surface area contributed by atoms with Gasteiger partial charge in [-0.05, 0) is 59.0 Å². The lowest BCUT2D eigenvalue weighted by atomic mass is 9.99. The standard InChI is InChI=1S/C18H19BrN2O2S/c1-12-5-2-3-6-13(12)14-7-4-10-21(14)17(22)11-20-18(23)15-8-9-16(19)24-15/h2-3,5-6,8-9,14H,4,7,10-11H2,1H3,(H,20,23)/t14-/m1/s1. The zero-order valence-corrected chi connectivity index (χ0v) is 15.8. The summed E-state index contributed by atoms with van der Waals surface area (Å²) in [5.74, 6) is -0.226. The van der Waals surface area contributed by atoms with Crippen molar-refractivity contribution in [1.29, 1.82) is 0 Å². The van der Waals surface area contributed by atoms with E-state index >= 15 is 0 Å². The molecule has 1 aromatic carbocycles. The first-order valence-electron chi connectivity index (χ1n) is 7.95. The zero-order chi connectivity index (χ0) is 17.1. The van der Waals surface area contributed by atoms with E-state index in [0.717, 1.165) is 23.2 Å². The molecule has 4 nitrogen and oxygen atoms in total. The molecular weight excluding hydrogens is 388 g/mol. The van der Waals surface area contributed by atoms with Gasteiger partial charge in [-0.2, -0.15) is 0 Å². The monoisotopic (exact) mass is 406 g/mol. The Kier molecular flexibility index (Phi) is 5.36. The number of amides is 2. The summed E-state index contributed by atoms with van der Waals surface area (Å²) in [6.45, 7) is 2.86. The topological polar surface area (TPSA) is 49.4 Å². The van der Waals surface area contributed by atoms with Gasteiger partial charge in [0.1, 0.15) is 0 Å². The molecule has 2 aromatic rings. The van der Waals surface area contributed by atoms with Crippen LogP contribution in [0, 0.1) is 6.92 Å². The smallest absolute Gasteiger partial charge is 0.261 e. The predicted molar refractivity (Wildman–Crippen MR) is 99.2 cm³/mol. The molecule has 0 spiro atoms. The van der Waals surface area contributed by atoms with E-state index in [1.807, 2.05) is 23.1 Å². The summed E-state index contributed by atoms with van der Waals surface area (Å²) in [7, 11) is 0. The van der Waals surface area contributed by atoms with E-state index in [0.29, 0.717) is 4.88 Å². The molecule has 0 radical (unpaired) electrons. The van der Waals surface area contributed by atoms with Crippen molar-refractivity contribution in [2.75, 3.05) is 13.1 Å². The molecule has 1 aliphatic rings. The van der Waals surface area contributed by atoms with Gasteiger partial charge < -0.3 is 10.2 Å². The normalized spacial score (nSPS) is 17.1. The Labute approximate surface area is 154 Å². The quantitative estimate of drug-likeness (QED) is 0.836. The highest BCUT2D eigenvalue weighted by atomic mass is 79.9. The number of halogens is 1. The Bertz CT molecular complexity index is 759. The second-order valence-electron chi connectivity index (χ2n) is 5.89. The number of nitrogens with one attached hydrogen (secondary N) is 1. The lowest BCUT2D eigenvalue weighted by molar-refractivity contribution is -0.131. The van der Waals surface area contributed by atoms with Crippen molar-refractivity contribution in [1.82, 2.24) is 10.2 Å². The Hall–Kier alpha value is -1.66. The Morgan fingerprint density at radius 3 is 2.79 bits per heavy atom. The van der Waals surface area contributed by atoms with E-state index in [1.54, 1.807) is 6.07 Å². The number of carbonyl (C=O) groups excluding carboxylic acids is 2. The second kappa shape index (κ2) is 7.49. The third-order valence-corrected chi connectivity index (χ3v) is 5.94. The third-order valence-electron chi connectivity index (χ3n) is 4.32. The van der Waals surface area contributed by atoms with Crippen molar-refractivity contribution >= 4 is 39.1 Å². The summed E-state index contributed by atoms with van der Waals surface area (Å²) < 4.78 is 0.901. The van der Waals surface area contributed by atoms with Gasteiger partial charge >= 0.3 is 0 Å². The van der Waals surface area contributed by atoms with Crippen LogP contribution in [0.15, 0.2) is 40.2 Å². The van der Waals surface area contributed by atoms with E-state index in [1.165, 1.54) is 22.5 Å². The van der Waals surface area contributed by atoms with Crippen molar-refractivity contribution in [2.45, 2.75) is 25.8 Å². The van der Waals surface area contributed by atoms with Gasteiger partial charge in [-0.1, -0.05) is 24.3 Å². The van der Waals surface area contributed by atoms with Gasteiger partial charge in [0.15, 0.2) is 0 Å². The summed E-state index contributed by atoms with van der Waals surface area (Å²) in [6, 6.07) is 11.9. The first-order chi connectivity index (χ1) is 11.6. The van der Waals surface area contributed by atoms with Gasteiger partial charge in [-0.25, -0.2) is 0 Å².